The second kappa shape index (κ2) is 8.00. The molecule has 1 aromatic carbocycles. The summed E-state index contributed by atoms with van der Waals surface area (Å²) in [5, 5.41) is 7.18. The monoisotopic (exact) mass is 344 g/mol. The maximum absolute atomic E-state index is 12.3. The van der Waals surface area contributed by atoms with Crippen LogP contribution in [0, 0.1) is 0 Å². The van der Waals surface area contributed by atoms with Crippen molar-refractivity contribution in [3.63, 3.8) is 0 Å². The van der Waals surface area contributed by atoms with Crippen molar-refractivity contribution in [2.75, 3.05) is 13.7 Å². The molecule has 7 heteroatoms. The number of aryl methyl sites for hydroxylation is 1. The van der Waals surface area contributed by atoms with Gasteiger partial charge < -0.3 is 10.1 Å². The third-order valence-corrected chi connectivity index (χ3v) is 4.47. The minimum atomic E-state index is -0.191. The summed E-state index contributed by atoms with van der Waals surface area (Å²) in [5.74, 6) is 1.42. The van der Waals surface area contributed by atoms with Crippen LogP contribution in [0.4, 0.5) is 0 Å². The molecular formula is C18H24N4O3. The predicted octanol–water partition coefficient (Wildman–Crippen LogP) is 1.14. The van der Waals surface area contributed by atoms with Crippen LogP contribution in [0.2, 0.25) is 0 Å². The highest BCUT2D eigenvalue weighted by atomic mass is 16.5. The minimum Gasteiger partial charge on any atom is -0.497 e. The molecule has 0 saturated heterocycles. The molecule has 0 unspecified atom stereocenters. The fourth-order valence-corrected chi connectivity index (χ4v) is 3.06. The number of carbonyl (C=O) groups excluding carboxylic acids is 1. The lowest BCUT2D eigenvalue weighted by Crippen LogP contribution is -2.34. The first-order valence-electron chi connectivity index (χ1n) is 8.73. The fraction of sp³-hybridized carbons (Fsp3) is 0.500. The topological polar surface area (TPSA) is 78.2 Å². The van der Waals surface area contributed by atoms with Crippen LogP contribution >= 0.6 is 0 Å². The molecule has 0 fully saturated rings. The smallest absolute Gasteiger partial charge is 0.346 e. The van der Waals surface area contributed by atoms with Crippen molar-refractivity contribution in [2.24, 2.45) is 0 Å². The average molecular weight is 344 g/mol. The number of rotatable bonds is 6. The molecule has 1 N–H and O–H groups in total. The number of ether oxygens (including phenoxy) is 1. The Labute approximate surface area is 146 Å². The molecule has 0 aliphatic carbocycles. The van der Waals surface area contributed by atoms with Gasteiger partial charge in [0, 0.05) is 19.5 Å². The second-order valence-electron chi connectivity index (χ2n) is 6.27. The quantitative estimate of drug-likeness (QED) is 0.852. The number of methoxy groups -OCH3 is 1. The second-order valence-corrected chi connectivity index (χ2v) is 6.27. The lowest BCUT2D eigenvalue weighted by molar-refractivity contribution is -0.121. The summed E-state index contributed by atoms with van der Waals surface area (Å²) in [6.07, 6.45) is 4.69. The van der Waals surface area contributed by atoms with Gasteiger partial charge in [0.2, 0.25) is 5.91 Å². The van der Waals surface area contributed by atoms with Gasteiger partial charge in [-0.1, -0.05) is 18.6 Å². The van der Waals surface area contributed by atoms with Crippen LogP contribution in [0.1, 0.15) is 30.7 Å². The molecule has 1 aliphatic heterocycles. The lowest BCUT2D eigenvalue weighted by Gasteiger charge is -2.06. The Balaban J connectivity index is 1.51. The van der Waals surface area contributed by atoms with Gasteiger partial charge in [-0.3, -0.25) is 9.36 Å². The summed E-state index contributed by atoms with van der Waals surface area (Å²) in [5.41, 5.74) is 0.939. The van der Waals surface area contributed by atoms with E-state index in [0.717, 1.165) is 49.2 Å². The molecule has 1 amide bonds. The van der Waals surface area contributed by atoms with Crippen LogP contribution in [-0.4, -0.2) is 33.9 Å². The summed E-state index contributed by atoms with van der Waals surface area (Å²) in [7, 11) is 1.63. The maximum Gasteiger partial charge on any atom is 0.346 e. The van der Waals surface area contributed by atoms with Gasteiger partial charge >= 0.3 is 5.69 Å². The fourth-order valence-electron chi connectivity index (χ4n) is 3.06. The summed E-state index contributed by atoms with van der Waals surface area (Å²) >= 11 is 0. The Bertz CT molecular complexity index is 777. The van der Waals surface area contributed by atoms with Crippen molar-refractivity contribution in [1.29, 1.82) is 0 Å². The molecule has 134 valence electrons. The van der Waals surface area contributed by atoms with Gasteiger partial charge in [-0.25, -0.2) is 9.48 Å². The van der Waals surface area contributed by atoms with Gasteiger partial charge in [0.1, 0.15) is 18.1 Å². The average Bonchev–Trinajstić information content (AvgIpc) is 2.79. The van der Waals surface area contributed by atoms with E-state index < -0.39 is 0 Å². The number of aromatic nitrogens is 3. The van der Waals surface area contributed by atoms with E-state index in [-0.39, 0.29) is 18.1 Å². The van der Waals surface area contributed by atoms with Gasteiger partial charge in [-0.15, -0.1) is 0 Å². The first-order valence-corrected chi connectivity index (χ1v) is 8.73. The highest BCUT2D eigenvalue weighted by molar-refractivity contribution is 5.75. The molecular weight excluding hydrogens is 320 g/mol. The summed E-state index contributed by atoms with van der Waals surface area (Å²) in [6, 6.07) is 7.74. The SMILES string of the molecule is COc1ccc(CCNC(=O)Cn2nc3n(c2=O)CCCCC3)cc1. The number of carbonyl (C=O) groups is 1. The number of fused-ring (bicyclic) bond motifs is 1. The third kappa shape index (κ3) is 4.29. The largest absolute Gasteiger partial charge is 0.497 e. The molecule has 1 aromatic heterocycles. The van der Waals surface area contributed by atoms with Crippen molar-refractivity contribution >= 4 is 5.91 Å². The van der Waals surface area contributed by atoms with Crippen molar-refractivity contribution in [1.82, 2.24) is 19.7 Å². The van der Waals surface area contributed by atoms with Gasteiger partial charge in [-0.05, 0) is 37.0 Å². The number of amides is 1. The number of nitrogens with one attached hydrogen (secondary N) is 1. The Morgan fingerprint density at radius 2 is 2.04 bits per heavy atom. The number of hydrogen-bond donors (Lipinski definition) is 1. The summed E-state index contributed by atoms with van der Waals surface area (Å²) < 4.78 is 8.11. The summed E-state index contributed by atoms with van der Waals surface area (Å²) in [4.78, 5) is 24.4. The molecule has 25 heavy (non-hydrogen) atoms. The van der Waals surface area contributed by atoms with Crippen LogP contribution in [-0.2, 0) is 30.7 Å². The molecule has 1 aliphatic rings. The zero-order valence-corrected chi connectivity index (χ0v) is 14.5. The van der Waals surface area contributed by atoms with E-state index in [9.17, 15) is 9.59 Å². The van der Waals surface area contributed by atoms with Gasteiger partial charge in [0.25, 0.3) is 0 Å². The Morgan fingerprint density at radius 3 is 2.80 bits per heavy atom. The zero-order chi connectivity index (χ0) is 17.6. The van der Waals surface area contributed by atoms with Crippen molar-refractivity contribution in [2.45, 2.75) is 45.2 Å². The van der Waals surface area contributed by atoms with E-state index in [2.05, 4.69) is 10.4 Å². The Morgan fingerprint density at radius 1 is 1.24 bits per heavy atom. The van der Waals surface area contributed by atoms with Crippen LogP contribution < -0.4 is 15.7 Å². The van der Waals surface area contributed by atoms with Crippen molar-refractivity contribution in [3.05, 3.63) is 46.1 Å². The Kier molecular flexibility index (Phi) is 5.53. The molecule has 7 nitrogen and oxygen atoms in total. The van der Waals surface area contributed by atoms with Crippen LogP contribution in [0.15, 0.2) is 29.1 Å². The van der Waals surface area contributed by atoms with Crippen LogP contribution in [0.25, 0.3) is 0 Å². The molecule has 0 radical (unpaired) electrons. The molecule has 2 aromatic rings. The minimum absolute atomic E-state index is 0.0263. The van der Waals surface area contributed by atoms with E-state index in [1.54, 1.807) is 11.7 Å². The first kappa shape index (κ1) is 17.3. The maximum atomic E-state index is 12.3. The van der Waals surface area contributed by atoms with E-state index in [1.807, 2.05) is 24.3 Å². The van der Waals surface area contributed by atoms with Gasteiger partial charge in [0.05, 0.1) is 7.11 Å². The molecule has 3 rings (SSSR count). The van der Waals surface area contributed by atoms with E-state index in [0.29, 0.717) is 13.1 Å². The standard InChI is InChI=1S/C18H24N4O3/c1-25-15-8-6-14(7-9-15)10-11-19-17(23)13-22-18(24)21-12-4-2-3-5-16(21)20-22/h6-9H,2-5,10-13H2,1H3,(H,19,23). The van der Waals surface area contributed by atoms with E-state index in [1.165, 1.54) is 4.68 Å². The molecule has 0 spiro atoms. The summed E-state index contributed by atoms with van der Waals surface area (Å²) in [6.45, 7) is 1.20. The molecule has 0 bridgehead atoms. The normalized spacial score (nSPS) is 13.8. The number of nitrogens with zero attached hydrogens (tertiary/aromatic N) is 3. The van der Waals surface area contributed by atoms with Crippen LogP contribution in [0.5, 0.6) is 5.75 Å². The zero-order valence-electron chi connectivity index (χ0n) is 14.5. The predicted molar refractivity (Wildman–Crippen MR) is 93.7 cm³/mol. The van der Waals surface area contributed by atoms with E-state index in [4.69, 9.17) is 4.74 Å². The molecule has 0 saturated carbocycles. The highest BCUT2D eigenvalue weighted by Crippen LogP contribution is 2.11. The lowest BCUT2D eigenvalue weighted by atomic mass is 10.1. The van der Waals surface area contributed by atoms with E-state index >= 15 is 0 Å². The first-order chi connectivity index (χ1) is 12.2. The van der Waals surface area contributed by atoms with Crippen molar-refractivity contribution < 1.29 is 9.53 Å². The third-order valence-electron chi connectivity index (χ3n) is 4.47. The van der Waals surface area contributed by atoms with Crippen molar-refractivity contribution in [3.8, 4) is 5.75 Å². The molecule has 0 atom stereocenters. The molecule has 2 heterocycles. The Hall–Kier alpha value is -2.57. The number of hydrogen-bond acceptors (Lipinski definition) is 4. The van der Waals surface area contributed by atoms with Gasteiger partial charge in [0.15, 0.2) is 0 Å². The van der Waals surface area contributed by atoms with Gasteiger partial charge in [-0.2, -0.15) is 5.10 Å². The number of benzene rings is 1. The van der Waals surface area contributed by atoms with Crippen LogP contribution in [0.3, 0.4) is 0 Å². The highest BCUT2D eigenvalue weighted by Gasteiger charge is 2.17.